The van der Waals surface area contributed by atoms with Gasteiger partial charge in [-0.3, -0.25) is 0 Å². The summed E-state index contributed by atoms with van der Waals surface area (Å²) in [6, 6.07) is 4.86. The Kier molecular flexibility index (Phi) is 4.24. The lowest BCUT2D eigenvalue weighted by Crippen LogP contribution is -2.13. The molecule has 0 bridgehead atoms. The molecule has 0 unspecified atom stereocenters. The molecular weight excluding hydrogens is 241 g/mol. The third-order valence-corrected chi connectivity index (χ3v) is 3.54. The molecule has 0 aromatic heterocycles. The number of rotatable bonds is 4. The lowest BCUT2D eigenvalue weighted by Gasteiger charge is -2.16. The molecule has 2 nitrogen and oxygen atoms in total. The van der Waals surface area contributed by atoms with Gasteiger partial charge in [0, 0.05) is 6.04 Å². The average Bonchev–Trinajstić information content (AvgIpc) is 2.84. The van der Waals surface area contributed by atoms with Crippen molar-refractivity contribution in [2.24, 2.45) is 0 Å². The van der Waals surface area contributed by atoms with E-state index in [9.17, 15) is 4.39 Å². The first-order chi connectivity index (χ1) is 8.20. The van der Waals surface area contributed by atoms with Crippen LogP contribution < -0.4 is 9.57 Å². The Morgan fingerprint density at radius 3 is 2.76 bits per heavy atom. The molecule has 1 N–H and O–H groups in total. The van der Waals surface area contributed by atoms with Crippen LogP contribution in [0.2, 0.25) is 0 Å². The van der Waals surface area contributed by atoms with Crippen molar-refractivity contribution in [3.05, 3.63) is 29.6 Å². The van der Waals surface area contributed by atoms with E-state index >= 15 is 0 Å². The quantitative estimate of drug-likeness (QED) is 0.825. The van der Waals surface area contributed by atoms with Gasteiger partial charge in [-0.1, -0.05) is 6.07 Å². The summed E-state index contributed by atoms with van der Waals surface area (Å²) in [7, 11) is 0. The standard InChI is InChI=1S/C13H17ClFNO/c1-9(16-14)10-6-7-12(15)13(8-10)17-11-4-2-3-5-11/h6-9,11,16H,2-5H2,1H3/t9-/m1/s1. The molecular formula is C13H17ClFNO. The molecule has 0 amide bonds. The average molecular weight is 258 g/mol. The molecule has 94 valence electrons. The molecule has 4 heteroatoms. The fourth-order valence-electron chi connectivity index (χ4n) is 2.13. The summed E-state index contributed by atoms with van der Waals surface area (Å²) in [4.78, 5) is 2.62. The van der Waals surface area contributed by atoms with E-state index in [-0.39, 0.29) is 18.0 Å². The molecule has 0 aliphatic heterocycles. The van der Waals surface area contributed by atoms with Crippen molar-refractivity contribution < 1.29 is 9.13 Å². The Labute approximate surface area is 106 Å². The molecule has 1 saturated carbocycles. The van der Waals surface area contributed by atoms with E-state index in [0.29, 0.717) is 5.75 Å². The Hall–Kier alpha value is -0.800. The normalized spacial score (nSPS) is 18.3. The molecule has 1 aromatic carbocycles. The Morgan fingerprint density at radius 1 is 1.41 bits per heavy atom. The number of hydrogen-bond donors (Lipinski definition) is 1. The molecule has 0 saturated heterocycles. The molecule has 2 rings (SSSR count). The number of benzene rings is 1. The second-order valence-corrected chi connectivity index (χ2v) is 4.76. The maximum absolute atomic E-state index is 13.6. The van der Waals surface area contributed by atoms with Gasteiger partial charge in [-0.15, -0.1) is 0 Å². The van der Waals surface area contributed by atoms with E-state index in [2.05, 4.69) is 4.84 Å². The maximum Gasteiger partial charge on any atom is 0.165 e. The molecule has 1 aliphatic rings. The lowest BCUT2D eigenvalue weighted by atomic mass is 10.1. The second kappa shape index (κ2) is 5.69. The minimum atomic E-state index is -0.303. The summed E-state index contributed by atoms with van der Waals surface area (Å²) >= 11 is 5.56. The first kappa shape index (κ1) is 12.7. The van der Waals surface area contributed by atoms with Crippen molar-refractivity contribution in [3.8, 4) is 5.75 Å². The largest absolute Gasteiger partial charge is 0.487 e. The number of ether oxygens (including phenoxy) is 1. The van der Waals surface area contributed by atoms with Gasteiger partial charge in [0.05, 0.1) is 6.10 Å². The van der Waals surface area contributed by atoms with Crippen LogP contribution in [0.1, 0.15) is 44.2 Å². The van der Waals surface area contributed by atoms with Gasteiger partial charge in [-0.05, 0) is 62.1 Å². The van der Waals surface area contributed by atoms with Crippen LogP contribution in [0.3, 0.4) is 0 Å². The van der Waals surface area contributed by atoms with Crippen molar-refractivity contribution >= 4 is 11.8 Å². The Morgan fingerprint density at radius 2 is 2.12 bits per heavy atom. The number of halogens is 2. The second-order valence-electron chi connectivity index (χ2n) is 4.54. The molecule has 1 aromatic rings. The minimum absolute atomic E-state index is 0.0248. The SMILES string of the molecule is C[C@@H](NCl)c1ccc(F)c(OC2CCCC2)c1. The van der Waals surface area contributed by atoms with Gasteiger partial charge in [-0.25, -0.2) is 9.23 Å². The first-order valence-electron chi connectivity index (χ1n) is 6.03. The lowest BCUT2D eigenvalue weighted by molar-refractivity contribution is 0.200. The zero-order valence-electron chi connectivity index (χ0n) is 9.88. The highest BCUT2D eigenvalue weighted by Gasteiger charge is 2.18. The summed E-state index contributed by atoms with van der Waals surface area (Å²) < 4.78 is 19.3. The van der Waals surface area contributed by atoms with Crippen LogP contribution in [-0.2, 0) is 0 Å². The molecule has 1 aliphatic carbocycles. The van der Waals surface area contributed by atoms with E-state index < -0.39 is 0 Å². The summed E-state index contributed by atoms with van der Waals surface area (Å²) in [6.07, 6.45) is 4.55. The smallest absolute Gasteiger partial charge is 0.165 e. The molecule has 17 heavy (non-hydrogen) atoms. The zero-order valence-corrected chi connectivity index (χ0v) is 10.6. The predicted octanol–water partition coefficient (Wildman–Crippen LogP) is 3.95. The molecule has 1 atom stereocenters. The van der Waals surface area contributed by atoms with Gasteiger partial charge in [0.15, 0.2) is 11.6 Å². The van der Waals surface area contributed by atoms with Gasteiger partial charge < -0.3 is 4.74 Å². The topological polar surface area (TPSA) is 21.3 Å². The zero-order chi connectivity index (χ0) is 12.3. The molecule has 0 heterocycles. The van der Waals surface area contributed by atoms with E-state index in [1.807, 2.05) is 6.92 Å². The van der Waals surface area contributed by atoms with Crippen molar-refractivity contribution in [3.63, 3.8) is 0 Å². The molecule has 1 fully saturated rings. The molecule has 0 spiro atoms. The third kappa shape index (κ3) is 3.11. The van der Waals surface area contributed by atoms with E-state index in [1.54, 1.807) is 12.1 Å². The van der Waals surface area contributed by atoms with Gasteiger partial charge in [0.2, 0.25) is 0 Å². The van der Waals surface area contributed by atoms with Crippen LogP contribution in [0, 0.1) is 5.82 Å². The predicted molar refractivity (Wildman–Crippen MR) is 66.7 cm³/mol. The van der Waals surface area contributed by atoms with E-state index in [1.165, 1.54) is 18.9 Å². The van der Waals surface area contributed by atoms with Gasteiger partial charge in [0.1, 0.15) is 0 Å². The summed E-state index contributed by atoms with van der Waals surface area (Å²) in [6.45, 7) is 1.92. The summed E-state index contributed by atoms with van der Waals surface area (Å²) in [5.74, 6) is 0.0376. The van der Waals surface area contributed by atoms with E-state index in [4.69, 9.17) is 16.5 Å². The van der Waals surface area contributed by atoms with Crippen molar-refractivity contribution in [2.75, 3.05) is 0 Å². The van der Waals surface area contributed by atoms with Crippen molar-refractivity contribution in [2.45, 2.75) is 44.8 Å². The highest BCUT2D eigenvalue weighted by molar-refractivity contribution is 6.13. The summed E-state index contributed by atoms with van der Waals surface area (Å²) in [5.41, 5.74) is 0.925. The maximum atomic E-state index is 13.6. The third-order valence-electron chi connectivity index (χ3n) is 3.21. The van der Waals surface area contributed by atoms with Gasteiger partial charge in [0.25, 0.3) is 0 Å². The van der Waals surface area contributed by atoms with Crippen molar-refractivity contribution in [1.82, 2.24) is 4.84 Å². The van der Waals surface area contributed by atoms with Crippen LogP contribution in [0.4, 0.5) is 4.39 Å². The van der Waals surface area contributed by atoms with Crippen LogP contribution in [0.25, 0.3) is 0 Å². The summed E-state index contributed by atoms with van der Waals surface area (Å²) in [5, 5.41) is 0. The number of nitrogens with one attached hydrogen (secondary N) is 1. The van der Waals surface area contributed by atoms with Crippen molar-refractivity contribution in [1.29, 1.82) is 0 Å². The highest BCUT2D eigenvalue weighted by atomic mass is 35.5. The first-order valence-corrected chi connectivity index (χ1v) is 6.40. The van der Waals surface area contributed by atoms with Crippen LogP contribution in [0.15, 0.2) is 18.2 Å². The van der Waals surface area contributed by atoms with Crippen LogP contribution in [-0.4, -0.2) is 6.10 Å². The van der Waals surface area contributed by atoms with Gasteiger partial charge in [-0.2, -0.15) is 0 Å². The monoisotopic (exact) mass is 257 g/mol. The molecule has 0 radical (unpaired) electrons. The highest BCUT2D eigenvalue weighted by Crippen LogP contribution is 2.28. The Bertz CT molecular complexity index is 380. The fourth-order valence-corrected chi connectivity index (χ4v) is 2.25. The van der Waals surface area contributed by atoms with Crippen LogP contribution >= 0.6 is 11.8 Å². The van der Waals surface area contributed by atoms with Gasteiger partial charge >= 0.3 is 0 Å². The number of hydrogen-bond acceptors (Lipinski definition) is 2. The Balaban J connectivity index is 2.13. The fraction of sp³-hybridized carbons (Fsp3) is 0.538. The van der Waals surface area contributed by atoms with E-state index in [0.717, 1.165) is 18.4 Å². The minimum Gasteiger partial charge on any atom is -0.487 e. The van der Waals surface area contributed by atoms with Crippen LogP contribution in [0.5, 0.6) is 5.75 Å².